The summed E-state index contributed by atoms with van der Waals surface area (Å²) >= 11 is 0. The number of rotatable bonds is 6. The molecule has 3 rings (SSSR count). The van der Waals surface area contributed by atoms with Gasteiger partial charge in [0.25, 0.3) is 0 Å². The van der Waals surface area contributed by atoms with Crippen LogP contribution in [0.15, 0.2) is 6.33 Å². The molecule has 2 heterocycles. The van der Waals surface area contributed by atoms with E-state index in [0.717, 1.165) is 26.1 Å². The molecular formula is C16H27N3O. The molecule has 0 amide bonds. The lowest BCUT2D eigenvalue weighted by atomic mass is 10.0. The fourth-order valence-corrected chi connectivity index (χ4v) is 3.41. The molecule has 4 heteroatoms. The maximum Gasteiger partial charge on any atom is 0.0952 e. The predicted molar refractivity (Wildman–Crippen MR) is 79.9 cm³/mol. The Labute approximate surface area is 121 Å². The van der Waals surface area contributed by atoms with Gasteiger partial charge in [-0.15, -0.1) is 0 Å². The van der Waals surface area contributed by atoms with Gasteiger partial charge >= 0.3 is 0 Å². The quantitative estimate of drug-likeness (QED) is 0.811. The Hall–Kier alpha value is -0.870. The smallest absolute Gasteiger partial charge is 0.0952 e. The highest BCUT2D eigenvalue weighted by Gasteiger charge is 2.26. The van der Waals surface area contributed by atoms with E-state index in [0.29, 0.717) is 12.2 Å². The topological polar surface area (TPSA) is 39.1 Å². The van der Waals surface area contributed by atoms with Crippen molar-refractivity contribution < 1.29 is 4.74 Å². The molecule has 4 nitrogen and oxygen atoms in total. The van der Waals surface area contributed by atoms with E-state index in [2.05, 4.69) is 21.8 Å². The van der Waals surface area contributed by atoms with Gasteiger partial charge in [0, 0.05) is 12.2 Å². The number of aromatic nitrogens is 2. The Kier molecular flexibility index (Phi) is 4.73. The van der Waals surface area contributed by atoms with Gasteiger partial charge in [-0.2, -0.15) is 0 Å². The zero-order valence-corrected chi connectivity index (χ0v) is 12.6. The molecule has 1 N–H and O–H groups in total. The number of aryl methyl sites for hydroxylation is 1. The van der Waals surface area contributed by atoms with Crippen molar-refractivity contribution in [3.8, 4) is 0 Å². The molecule has 0 radical (unpaired) electrons. The zero-order chi connectivity index (χ0) is 13.8. The highest BCUT2D eigenvalue weighted by molar-refractivity contribution is 5.16. The fraction of sp³-hybridized carbons (Fsp3) is 0.812. The Morgan fingerprint density at radius 3 is 3.05 bits per heavy atom. The van der Waals surface area contributed by atoms with Crippen LogP contribution in [0.3, 0.4) is 0 Å². The first-order valence-corrected chi connectivity index (χ1v) is 8.26. The van der Waals surface area contributed by atoms with Gasteiger partial charge in [0.2, 0.25) is 0 Å². The standard InChI is InChI=1S/C16H27N3O/c1-2-9-17-10-13-7-8-14(20-13)11-19-12-18-15-5-3-4-6-16(15)19/h12-14,17H,2-11H2,1H3. The molecule has 1 aliphatic carbocycles. The Morgan fingerprint density at radius 2 is 2.15 bits per heavy atom. The molecule has 1 saturated heterocycles. The number of imidazole rings is 1. The summed E-state index contributed by atoms with van der Waals surface area (Å²) in [5, 5.41) is 3.46. The largest absolute Gasteiger partial charge is 0.372 e. The average Bonchev–Trinajstić information content (AvgIpc) is 3.08. The number of nitrogens with zero attached hydrogens (tertiary/aromatic N) is 2. The molecule has 0 aromatic carbocycles. The zero-order valence-electron chi connectivity index (χ0n) is 12.6. The second kappa shape index (κ2) is 6.72. The molecular weight excluding hydrogens is 250 g/mol. The van der Waals surface area contributed by atoms with Crippen molar-refractivity contribution in [1.82, 2.24) is 14.9 Å². The molecule has 1 aromatic rings. The van der Waals surface area contributed by atoms with E-state index in [1.165, 1.54) is 49.9 Å². The molecule has 2 atom stereocenters. The van der Waals surface area contributed by atoms with Crippen LogP contribution in [0.5, 0.6) is 0 Å². The van der Waals surface area contributed by atoms with Gasteiger partial charge in [0.05, 0.1) is 30.8 Å². The molecule has 0 spiro atoms. The van der Waals surface area contributed by atoms with Gasteiger partial charge in [-0.1, -0.05) is 6.92 Å². The average molecular weight is 277 g/mol. The van der Waals surface area contributed by atoms with Crippen LogP contribution < -0.4 is 5.32 Å². The summed E-state index contributed by atoms with van der Waals surface area (Å²) in [6.07, 6.45) is 11.4. The number of hydrogen-bond acceptors (Lipinski definition) is 3. The minimum atomic E-state index is 0.378. The van der Waals surface area contributed by atoms with Gasteiger partial charge in [-0.25, -0.2) is 4.98 Å². The van der Waals surface area contributed by atoms with E-state index in [1.807, 2.05) is 6.33 Å². The van der Waals surface area contributed by atoms with Crippen LogP contribution in [0.4, 0.5) is 0 Å². The summed E-state index contributed by atoms with van der Waals surface area (Å²) in [6, 6.07) is 0. The van der Waals surface area contributed by atoms with E-state index in [1.54, 1.807) is 0 Å². The minimum Gasteiger partial charge on any atom is -0.372 e. The van der Waals surface area contributed by atoms with E-state index in [4.69, 9.17) is 4.74 Å². The van der Waals surface area contributed by atoms with E-state index in [-0.39, 0.29) is 0 Å². The van der Waals surface area contributed by atoms with Crippen molar-refractivity contribution >= 4 is 0 Å². The summed E-state index contributed by atoms with van der Waals surface area (Å²) < 4.78 is 8.51. The molecule has 1 fully saturated rings. The molecule has 20 heavy (non-hydrogen) atoms. The minimum absolute atomic E-state index is 0.378. The molecule has 112 valence electrons. The molecule has 0 bridgehead atoms. The normalized spacial score (nSPS) is 25.9. The van der Waals surface area contributed by atoms with Gasteiger partial charge < -0.3 is 14.6 Å². The number of ether oxygens (including phenoxy) is 1. The Bertz CT molecular complexity index is 429. The van der Waals surface area contributed by atoms with Crippen molar-refractivity contribution in [2.75, 3.05) is 13.1 Å². The van der Waals surface area contributed by atoms with E-state index in [9.17, 15) is 0 Å². The first kappa shape index (κ1) is 14.1. The maximum absolute atomic E-state index is 6.16. The first-order chi connectivity index (χ1) is 9.86. The van der Waals surface area contributed by atoms with Crippen molar-refractivity contribution in [2.45, 2.75) is 70.6 Å². The number of fused-ring (bicyclic) bond motifs is 1. The fourth-order valence-electron chi connectivity index (χ4n) is 3.41. The third-order valence-electron chi connectivity index (χ3n) is 4.50. The molecule has 0 saturated carbocycles. The van der Waals surface area contributed by atoms with Crippen LogP contribution in [0, 0.1) is 0 Å². The third kappa shape index (κ3) is 3.23. The summed E-state index contributed by atoms with van der Waals surface area (Å²) in [5.74, 6) is 0. The first-order valence-electron chi connectivity index (χ1n) is 8.26. The number of nitrogens with one attached hydrogen (secondary N) is 1. The monoisotopic (exact) mass is 277 g/mol. The second-order valence-corrected chi connectivity index (χ2v) is 6.16. The van der Waals surface area contributed by atoms with Crippen molar-refractivity contribution in [3.63, 3.8) is 0 Å². The van der Waals surface area contributed by atoms with E-state index < -0.39 is 0 Å². The maximum atomic E-state index is 6.16. The molecule has 1 aliphatic heterocycles. The lowest BCUT2D eigenvalue weighted by Crippen LogP contribution is -2.28. The molecule has 2 aliphatic rings. The van der Waals surface area contributed by atoms with Crippen LogP contribution in [-0.2, 0) is 24.1 Å². The van der Waals surface area contributed by atoms with Crippen LogP contribution in [0.25, 0.3) is 0 Å². The van der Waals surface area contributed by atoms with Crippen LogP contribution >= 0.6 is 0 Å². The van der Waals surface area contributed by atoms with Crippen molar-refractivity contribution in [3.05, 3.63) is 17.7 Å². The van der Waals surface area contributed by atoms with Crippen molar-refractivity contribution in [1.29, 1.82) is 0 Å². The SMILES string of the molecule is CCCNCC1CCC(Cn2cnc3c2CCCC3)O1. The van der Waals surface area contributed by atoms with Crippen LogP contribution in [0.1, 0.15) is 50.4 Å². The van der Waals surface area contributed by atoms with Crippen LogP contribution in [-0.4, -0.2) is 34.8 Å². The number of hydrogen-bond donors (Lipinski definition) is 1. The highest BCUT2D eigenvalue weighted by atomic mass is 16.5. The second-order valence-electron chi connectivity index (χ2n) is 6.16. The van der Waals surface area contributed by atoms with Gasteiger partial charge in [-0.3, -0.25) is 0 Å². The Morgan fingerprint density at radius 1 is 1.30 bits per heavy atom. The molecule has 1 aromatic heterocycles. The summed E-state index contributed by atoms with van der Waals surface area (Å²) in [5.41, 5.74) is 2.79. The van der Waals surface area contributed by atoms with Gasteiger partial charge in [0.1, 0.15) is 0 Å². The summed E-state index contributed by atoms with van der Waals surface area (Å²) in [4.78, 5) is 4.57. The highest BCUT2D eigenvalue weighted by Crippen LogP contribution is 2.24. The lowest BCUT2D eigenvalue weighted by Gasteiger charge is -2.18. The van der Waals surface area contributed by atoms with Crippen LogP contribution in [0.2, 0.25) is 0 Å². The summed E-state index contributed by atoms with van der Waals surface area (Å²) in [6.45, 7) is 5.30. The summed E-state index contributed by atoms with van der Waals surface area (Å²) in [7, 11) is 0. The lowest BCUT2D eigenvalue weighted by molar-refractivity contribution is 0.0358. The van der Waals surface area contributed by atoms with E-state index >= 15 is 0 Å². The van der Waals surface area contributed by atoms with Crippen molar-refractivity contribution in [2.24, 2.45) is 0 Å². The molecule has 2 unspecified atom stereocenters. The van der Waals surface area contributed by atoms with Gasteiger partial charge in [-0.05, 0) is 51.5 Å². The third-order valence-corrected chi connectivity index (χ3v) is 4.50. The van der Waals surface area contributed by atoms with Gasteiger partial charge in [0.15, 0.2) is 0 Å². The predicted octanol–water partition coefficient (Wildman–Crippen LogP) is 2.31. The Balaban J connectivity index is 1.50.